The SMILES string of the molecule is COc1ccc(/C(O)=C2/C(=O)C(=O)N(c3ccc(C(C)(C)C)cc3)C2c2ccc(N(C)C)cc2)cc1Br. The predicted octanol–water partition coefficient (Wildman–Crippen LogP) is 6.45. The van der Waals surface area contributed by atoms with Crippen molar-refractivity contribution in [2.24, 2.45) is 0 Å². The number of Topliss-reactive ketones (excluding diaryl/α,β-unsaturated/α-hetero) is 1. The van der Waals surface area contributed by atoms with Crippen LogP contribution in [-0.2, 0) is 15.0 Å². The quantitative estimate of drug-likeness (QED) is 0.220. The summed E-state index contributed by atoms with van der Waals surface area (Å²) in [7, 11) is 5.44. The van der Waals surface area contributed by atoms with Crippen LogP contribution in [0.4, 0.5) is 11.4 Å². The van der Waals surface area contributed by atoms with E-state index in [-0.39, 0.29) is 16.7 Å². The Kier molecular flexibility index (Phi) is 7.20. The van der Waals surface area contributed by atoms with E-state index in [1.165, 1.54) is 4.90 Å². The van der Waals surface area contributed by atoms with Gasteiger partial charge in [-0.1, -0.05) is 45.0 Å². The minimum Gasteiger partial charge on any atom is -0.507 e. The maximum Gasteiger partial charge on any atom is 0.300 e. The van der Waals surface area contributed by atoms with Crippen LogP contribution in [0.15, 0.2) is 76.8 Å². The Balaban J connectivity index is 1.90. The number of nitrogens with zero attached hydrogens (tertiary/aromatic N) is 2. The first kappa shape index (κ1) is 26.5. The molecular formula is C30H31BrN2O4. The van der Waals surface area contributed by atoms with E-state index >= 15 is 0 Å². The Labute approximate surface area is 226 Å². The standard InChI is InChI=1S/C30H31BrN2O4/c1-30(2,3)20-10-14-22(15-11-20)33-26(18-7-12-21(13-8-18)32(4)5)25(28(35)29(33)36)27(34)19-9-16-24(37-6)23(31)17-19/h7-17,26,34H,1-6H3/b27-25-. The van der Waals surface area contributed by atoms with Crippen LogP contribution in [0.25, 0.3) is 5.76 Å². The Bertz CT molecular complexity index is 1370. The zero-order chi connectivity index (χ0) is 27.1. The highest BCUT2D eigenvalue weighted by Crippen LogP contribution is 2.43. The summed E-state index contributed by atoms with van der Waals surface area (Å²) in [5.74, 6) is -1.06. The number of anilines is 2. The number of hydrogen-bond acceptors (Lipinski definition) is 5. The fourth-order valence-electron chi connectivity index (χ4n) is 4.46. The molecule has 192 valence electrons. The fourth-order valence-corrected chi connectivity index (χ4v) is 5.00. The third-order valence-corrected chi connectivity index (χ3v) is 7.23. The minimum absolute atomic E-state index is 0.0413. The summed E-state index contributed by atoms with van der Waals surface area (Å²) in [6, 6.07) is 19.5. The number of aliphatic hydroxyl groups is 1. The van der Waals surface area contributed by atoms with Gasteiger partial charge in [-0.25, -0.2) is 0 Å². The second-order valence-electron chi connectivity index (χ2n) is 10.3. The van der Waals surface area contributed by atoms with Gasteiger partial charge < -0.3 is 14.7 Å². The van der Waals surface area contributed by atoms with E-state index in [1.807, 2.05) is 67.5 Å². The zero-order valence-electron chi connectivity index (χ0n) is 21.9. The molecule has 7 heteroatoms. The van der Waals surface area contributed by atoms with Crippen molar-refractivity contribution in [3.05, 3.63) is 93.5 Å². The molecule has 0 radical (unpaired) electrons. The molecular weight excluding hydrogens is 532 g/mol. The van der Waals surface area contributed by atoms with Gasteiger partial charge in [-0.05, 0) is 74.9 Å². The van der Waals surface area contributed by atoms with Gasteiger partial charge in [0.1, 0.15) is 11.5 Å². The molecule has 1 fully saturated rings. The topological polar surface area (TPSA) is 70.1 Å². The van der Waals surface area contributed by atoms with Gasteiger partial charge in [0.2, 0.25) is 0 Å². The van der Waals surface area contributed by atoms with Crippen LogP contribution in [0, 0.1) is 0 Å². The van der Waals surface area contributed by atoms with E-state index in [1.54, 1.807) is 25.3 Å². The zero-order valence-corrected chi connectivity index (χ0v) is 23.5. The second kappa shape index (κ2) is 10.1. The monoisotopic (exact) mass is 562 g/mol. The van der Waals surface area contributed by atoms with E-state index < -0.39 is 17.7 Å². The molecule has 0 aromatic heterocycles. The van der Waals surface area contributed by atoms with Crippen molar-refractivity contribution < 1.29 is 19.4 Å². The van der Waals surface area contributed by atoms with Crippen molar-refractivity contribution >= 4 is 44.8 Å². The van der Waals surface area contributed by atoms with Crippen LogP contribution in [0.3, 0.4) is 0 Å². The summed E-state index contributed by atoms with van der Waals surface area (Å²) in [5.41, 5.74) is 3.79. The van der Waals surface area contributed by atoms with Crippen LogP contribution in [0.2, 0.25) is 0 Å². The smallest absolute Gasteiger partial charge is 0.300 e. The van der Waals surface area contributed by atoms with E-state index in [4.69, 9.17) is 4.74 Å². The number of carbonyl (C=O) groups is 2. The number of benzene rings is 3. The minimum atomic E-state index is -0.794. The third-order valence-electron chi connectivity index (χ3n) is 6.61. The van der Waals surface area contributed by atoms with E-state index in [0.29, 0.717) is 21.5 Å². The number of carbonyl (C=O) groups excluding carboxylic acids is 2. The number of hydrogen-bond donors (Lipinski definition) is 1. The maximum atomic E-state index is 13.5. The number of aliphatic hydroxyl groups excluding tert-OH is 1. The lowest BCUT2D eigenvalue weighted by molar-refractivity contribution is -0.132. The fraction of sp³-hybridized carbons (Fsp3) is 0.267. The molecule has 3 aromatic rings. The Hall–Kier alpha value is -3.58. The second-order valence-corrected chi connectivity index (χ2v) is 11.2. The number of amides is 1. The highest BCUT2D eigenvalue weighted by atomic mass is 79.9. The third kappa shape index (κ3) is 5.01. The summed E-state index contributed by atoms with van der Waals surface area (Å²) in [5, 5.41) is 11.4. The highest BCUT2D eigenvalue weighted by molar-refractivity contribution is 9.10. The number of rotatable bonds is 5. The Morgan fingerprint density at radius 2 is 1.59 bits per heavy atom. The lowest BCUT2D eigenvalue weighted by Gasteiger charge is -2.27. The molecule has 37 heavy (non-hydrogen) atoms. The van der Waals surface area contributed by atoms with Crippen LogP contribution in [0.1, 0.15) is 43.5 Å². The molecule has 1 heterocycles. The number of ketones is 1. The molecule has 1 aliphatic rings. The molecule has 1 atom stereocenters. The van der Waals surface area contributed by atoms with Gasteiger partial charge in [-0.2, -0.15) is 0 Å². The molecule has 3 aromatic carbocycles. The van der Waals surface area contributed by atoms with Gasteiger partial charge in [0.15, 0.2) is 0 Å². The van der Waals surface area contributed by atoms with Crippen LogP contribution in [0.5, 0.6) is 5.75 Å². The molecule has 1 aliphatic heterocycles. The molecule has 0 saturated carbocycles. The summed E-state index contributed by atoms with van der Waals surface area (Å²) in [6.45, 7) is 6.36. The highest BCUT2D eigenvalue weighted by Gasteiger charge is 2.47. The first-order valence-electron chi connectivity index (χ1n) is 12.0. The van der Waals surface area contributed by atoms with Gasteiger partial charge >= 0.3 is 0 Å². The van der Waals surface area contributed by atoms with Crippen molar-refractivity contribution in [1.29, 1.82) is 0 Å². The maximum absolute atomic E-state index is 13.5. The summed E-state index contributed by atoms with van der Waals surface area (Å²) in [4.78, 5) is 30.3. The molecule has 4 rings (SSSR count). The van der Waals surface area contributed by atoms with Gasteiger partial charge in [0.25, 0.3) is 11.7 Å². The average Bonchev–Trinajstić information content (AvgIpc) is 3.13. The number of methoxy groups -OCH3 is 1. The molecule has 0 spiro atoms. The molecule has 1 unspecified atom stereocenters. The van der Waals surface area contributed by atoms with Crippen molar-refractivity contribution in [3.8, 4) is 5.75 Å². The van der Waals surface area contributed by atoms with Crippen molar-refractivity contribution in [2.45, 2.75) is 32.2 Å². The van der Waals surface area contributed by atoms with Gasteiger partial charge in [0, 0.05) is 31.0 Å². The van der Waals surface area contributed by atoms with Gasteiger partial charge in [0.05, 0.1) is 23.2 Å². The normalized spacial score (nSPS) is 17.3. The molecule has 1 amide bonds. The molecule has 6 nitrogen and oxygen atoms in total. The number of ether oxygens (including phenoxy) is 1. The molecule has 0 aliphatic carbocycles. The van der Waals surface area contributed by atoms with Crippen LogP contribution < -0.4 is 14.5 Å². The number of halogens is 1. The summed E-state index contributed by atoms with van der Waals surface area (Å²) >= 11 is 3.44. The van der Waals surface area contributed by atoms with Gasteiger partial charge in [-0.3, -0.25) is 14.5 Å². The van der Waals surface area contributed by atoms with Crippen molar-refractivity contribution in [1.82, 2.24) is 0 Å². The predicted molar refractivity (Wildman–Crippen MR) is 151 cm³/mol. The Morgan fingerprint density at radius 1 is 0.973 bits per heavy atom. The van der Waals surface area contributed by atoms with E-state index in [2.05, 4.69) is 36.7 Å². The summed E-state index contributed by atoms with van der Waals surface area (Å²) < 4.78 is 5.92. The van der Waals surface area contributed by atoms with Gasteiger partial charge in [-0.15, -0.1) is 0 Å². The lowest BCUT2D eigenvalue weighted by atomic mass is 9.87. The van der Waals surface area contributed by atoms with E-state index in [9.17, 15) is 14.7 Å². The van der Waals surface area contributed by atoms with Crippen LogP contribution >= 0.6 is 15.9 Å². The molecule has 1 saturated heterocycles. The first-order chi connectivity index (χ1) is 17.4. The summed E-state index contributed by atoms with van der Waals surface area (Å²) in [6.07, 6.45) is 0. The van der Waals surface area contributed by atoms with Crippen LogP contribution in [-0.4, -0.2) is 38.0 Å². The average molecular weight is 563 g/mol. The van der Waals surface area contributed by atoms with E-state index in [0.717, 1.165) is 16.8 Å². The Morgan fingerprint density at radius 3 is 2.11 bits per heavy atom. The molecule has 1 N–H and O–H groups in total. The lowest BCUT2D eigenvalue weighted by Crippen LogP contribution is -2.29. The molecule has 0 bridgehead atoms. The largest absolute Gasteiger partial charge is 0.507 e. The first-order valence-corrected chi connectivity index (χ1v) is 12.8. The van der Waals surface area contributed by atoms with Crippen molar-refractivity contribution in [2.75, 3.05) is 31.0 Å². The van der Waals surface area contributed by atoms with Crippen molar-refractivity contribution in [3.63, 3.8) is 0 Å².